The molecule has 6 nitrogen and oxygen atoms in total. The maximum absolute atomic E-state index is 13.9. The number of ether oxygens (including phenoxy) is 3. The fourth-order valence-corrected chi connectivity index (χ4v) is 5.19. The molecule has 4 aliphatic heterocycles. The Balaban J connectivity index is 0.00000193. The lowest BCUT2D eigenvalue weighted by atomic mass is 9.77. The zero-order chi connectivity index (χ0) is 19.6. The highest BCUT2D eigenvalue weighted by Crippen LogP contribution is 2.54. The summed E-state index contributed by atoms with van der Waals surface area (Å²) in [4.78, 5) is 18.0. The summed E-state index contributed by atoms with van der Waals surface area (Å²) in [6.07, 6.45) is 2.16. The second-order valence-electron chi connectivity index (χ2n) is 8.35. The van der Waals surface area contributed by atoms with Gasteiger partial charge in [-0.15, -0.1) is 12.4 Å². The first-order valence-electron chi connectivity index (χ1n) is 10.4. The Morgan fingerprint density at radius 3 is 2.77 bits per heavy atom. The van der Waals surface area contributed by atoms with Crippen molar-refractivity contribution in [3.8, 4) is 11.5 Å². The van der Waals surface area contributed by atoms with E-state index in [1.807, 2.05) is 29.2 Å². The number of hydrogen-bond donors (Lipinski definition) is 0. The van der Waals surface area contributed by atoms with Crippen LogP contribution in [0.1, 0.15) is 24.0 Å². The van der Waals surface area contributed by atoms with Crippen molar-refractivity contribution in [2.24, 2.45) is 0 Å². The van der Waals surface area contributed by atoms with Crippen LogP contribution in [0.4, 0.5) is 11.4 Å². The van der Waals surface area contributed by atoms with Gasteiger partial charge in [-0.2, -0.15) is 0 Å². The van der Waals surface area contributed by atoms with Gasteiger partial charge in [0, 0.05) is 31.0 Å². The summed E-state index contributed by atoms with van der Waals surface area (Å²) in [5, 5.41) is 0. The molecule has 4 aliphatic rings. The number of carbonyl (C=O) groups is 1. The minimum absolute atomic E-state index is 0. The smallest absolute Gasteiger partial charge is 0.245 e. The van der Waals surface area contributed by atoms with E-state index in [0.29, 0.717) is 19.8 Å². The lowest BCUT2D eigenvalue weighted by Gasteiger charge is -2.29. The van der Waals surface area contributed by atoms with Crippen molar-refractivity contribution >= 4 is 29.7 Å². The van der Waals surface area contributed by atoms with Crippen LogP contribution >= 0.6 is 12.4 Å². The highest BCUT2D eigenvalue weighted by molar-refractivity contribution is 6.11. The molecule has 7 heteroatoms. The molecule has 0 aliphatic carbocycles. The highest BCUT2D eigenvalue weighted by atomic mass is 35.5. The van der Waals surface area contributed by atoms with Gasteiger partial charge in [-0.05, 0) is 30.5 Å². The molecule has 1 spiro atoms. The Morgan fingerprint density at radius 2 is 1.93 bits per heavy atom. The van der Waals surface area contributed by atoms with Crippen LogP contribution in [0, 0.1) is 0 Å². The van der Waals surface area contributed by atoms with Gasteiger partial charge in [-0.3, -0.25) is 4.79 Å². The monoisotopic (exact) mass is 428 g/mol. The van der Waals surface area contributed by atoms with E-state index < -0.39 is 5.41 Å². The number of anilines is 2. The number of halogens is 1. The second-order valence-corrected chi connectivity index (χ2v) is 8.35. The number of rotatable bonds is 2. The first kappa shape index (κ1) is 19.5. The summed E-state index contributed by atoms with van der Waals surface area (Å²) in [6, 6.07) is 12.2. The van der Waals surface area contributed by atoms with E-state index in [0.717, 1.165) is 60.0 Å². The third kappa shape index (κ3) is 2.56. The van der Waals surface area contributed by atoms with Gasteiger partial charge in [0.2, 0.25) is 5.91 Å². The summed E-state index contributed by atoms with van der Waals surface area (Å²) < 4.78 is 17.8. The van der Waals surface area contributed by atoms with Crippen molar-refractivity contribution in [1.29, 1.82) is 0 Å². The Hall–Kier alpha value is -2.44. The van der Waals surface area contributed by atoms with Crippen molar-refractivity contribution in [3.63, 3.8) is 0 Å². The van der Waals surface area contributed by atoms with Crippen molar-refractivity contribution in [3.05, 3.63) is 47.5 Å². The Labute approximate surface area is 182 Å². The van der Waals surface area contributed by atoms with Gasteiger partial charge < -0.3 is 24.0 Å². The molecule has 2 aromatic carbocycles. The van der Waals surface area contributed by atoms with Gasteiger partial charge in [0.25, 0.3) is 0 Å². The van der Waals surface area contributed by atoms with Crippen molar-refractivity contribution < 1.29 is 19.0 Å². The lowest BCUT2D eigenvalue weighted by molar-refractivity contribution is -0.122. The van der Waals surface area contributed by atoms with Gasteiger partial charge in [0.15, 0.2) is 0 Å². The molecule has 1 fully saturated rings. The number of benzene rings is 2. The van der Waals surface area contributed by atoms with Crippen molar-refractivity contribution in [1.82, 2.24) is 0 Å². The minimum Gasteiger partial charge on any atom is -0.491 e. The summed E-state index contributed by atoms with van der Waals surface area (Å²) in [5.41, 5.74) is 3.18. The van der Waals surface area contributed by atoms with E-state index in [1.54, 1.807) is 0 Å². The molecular weight excluding hydrogens is 404 g/mol. The summed E-state index contributed by atoms with van der Waals surface area (Å²) in [5.74, 6) is 1.66. The molecule has 4 heterocycles. The predicted molar refractivity (Wildman–Crippen MR) is 116 cm³/mol. The number of nitrogens with zero attached hydrogens (tertiary/aromatic N) is 2. The van der Waals surface area contributed by atoms with Crippen LogP contribution in [0.15, 0.2) is 36.4 Å². The van der Waals surface area contributed by atoms with E-state index >= 15 is 0 Å². The van der Waals surface area contributed by atoms with E-state index in [4.69, 9.17) is 14.2 Å². The molecular formula is C23H25ClN2O4. The molecule has 6 rings (SSSR count). The highest BCUT2D eigenvalue weighted by Gasteiger charge is 2.57. The number of hydrogen-bond acceptors (Lipinski definition) is 5. The van der Waals surface area contributed by atoms with E-state index in [-0.39, 0.29) is 24.4 Å². The van der Waals surface area contributed by atoms with Crippen LogP contribution < -0.4 is 19.3 Å². The SMILES string of the molecule is CN1CCOc2cc3c(cc21)C1(CO3)C(=O)N(C[C@H]2CCCO2)c2ccccc21.Cl. The van der Waals surface area contributed by atoms with Crippen LogP contribution in [0.3, 0.4) is 0 Å². The molecule has 0 radical (unpaired) electrons. The number of fused-ring (bicyclic) bond motifs is 5. The number of amides is 1. The fraction of sp³-hybridized carbons (Fsp3) is 0.435. The topological polar surface area (TPSA) is 51.2 Å². The summed E-state index contributed by atoms with van der Waals surface area (Å²) >= 11 is 0. The minimum atomic E-state index is -0.794. The Kier molecular flexibility index (Phi) is 4.60. The van der Waals surface area contributed by atoms with Crippen LogP contribution in [0.2, 0.25) is 0 Å². The number of likely N-dealkylation sites (N-methyl/N-ethyl adjacent to an activating group) is 1. The third-order valence-electron chi connectivity index (χ3n) is 6.74. The molecule has 2 aromatic rings. The summed E-state index contributed by atoms with van der Waals surface area (Å²) in [6.45, 7) is 3.19. The molecule has 0 N–H and O–H groups in total. The van der Waals surface area contributed by atoms with Crippen LogP contribution in [-0.2, 0) is 14.9 Å². The van der Waals surface area contributed by atoms with Crippen LogP contribution in [0.25, 0.3) is 0 Å². The maximum atomic E-state index is 13.9. The molecule has 2 atom stereocenters. The van der Waals surface area contributed by atoms with Gasteiger partial charge in [0.05, 0.1) is 24.9 Å². The van der Waals surface area contributed by atoms with E-state index in [1.165, 1.54) is 0 Å². The molecule has 1 saturated heterocycles. The second kappa shape index (κ2) is 7.06. The van der Waals surface area contributed by atoms with E-state index in [2.05, 4.69) is 24.1 Å². The average molecular weight is 429 g/mol. The van der Waals surface area contributed by atoms with Crippen molar-refractivity contribution in [2.45, 2.75) is 24.4 Å². The predicted octanol–water partition coefficient (Wildman–Crippen LogP) is 3.14. The largest absolute Gasteiger partial charge is 0.491 e. The molecule has 158 valence electrons. The van der Waals surface area contributed by atoms with Gasteiger partial charge in [0.1, 0.15) is 30.1 Å². The zero-order valence-corrected chi connectivity index (χ0v) is 17.7. The molecule has 0 saturated carbocycles. The number of carbonyl (C=O) groups excluding carboxylic acids is 1. The quantitative estimate of drug-likeness (QED) is 0.735. The summed E-state index contributed by atoms with van der Waals surface area (Å²) in [7, 11) is 2.06. The van der Waals surface area contributed by atoms with Gasteiger partial charge in [-0.25, -0.2) is 0 Å². The van der Waals surface area contributed by atoms with Crippen molar-refractivity contribution in [2.75, 3.05) is 49.8 Å². The van der Waals surface area contributed by atoms with E-state index in [9.17, 15) is 4.79 Å². The zero-order valence-electron chi connectivity index (χ0n) is 16.9. The normalized spacial score (nSPS) is 26.0. The third-order valence-corrected chi connectivity index (χ3v) is 6.74. The van der Waals surface area contributed by atoms with Crippen LogP contribution in [0.5, 0.6) is 11.5 Å². The maximum Gasteiger partial charge on any atom is 0.245 e. The molecule has 0 bridgehead atoms. The van der Waals surface area contributed by atoms with Crippen LogP contribution in [-0.4, -0.2) is 52.0 Å². The molecule has 1 amide bonds. The average Bonchev–Trinajstić information content (AvgIpc) is 3.43. The van der Waals surface area contributed by atoms with Gasteiger partial charge in [-0.1, -0.05) is 18.2 Å². The van der Waals surface area contributed by atoms with Gasteiger partial charge >= 0.3 is 0 Å². The molecule has 30 heavy (non-hydrogen) atoms. The molecule has 0 aromatic heterocycles. The fourth-order valence-electron chi connectivity index (χ4n) is 5.19. The first-order chi connectivity index (χ1) is 14.2. The Morgan fingerprint density at radius 1 is 1.07 bits per heavy atom. The lowest BCUT2D eigenvalue weighted by Crippen LogP contribution is -2.45. The standard InChI is InChI=1S/C23H24N2O4.ClH/c1-24-8-10-28-21-12-20-17(11-19(21)24)23(14-29-20)16-6-2-3-7-18(16)25(22(23)26)13-15-5-4-9-27-15;/h2-3,6-7,11-12,15H,4-5,8-10,13-14H2,1H3;1H/t15-,23?;/m1./s1. The molecule has 1 unspecified atom stereocenters. The first-order valence-corrected chi connectivity index (χ1v) is 10.4. The Bertz CT molecular complexity index is 1010. The number of para-hydroxylation sites is 1.